The van der Waals surface area contributed by atoms with E-state index in [1.54, 1.807) is 32.3 Å². The fraction of sp³-hybridized carbons (Fsp3) is 0.250. The summed E-state index contributed by atoms with van der Waals surface area (Å²) in [5.41, 5.74) is 0.745. The second-order valence-corrected chi connectivity index (χ2v) is 3.45. The van der Waals surface area contributed by atoms with Crippen molar-refractivity contribution in [3.8, 4) is 17.3 Å². The quantitative estimate of drug-likeness (QED) is 0.760. The maximum Gasteiger partial charge on any atom is 0.312 e. The van der Waals surface area contributed by atoms with Crippen molar-refractivity contribution in [2.24, 2.45) is 0 Å². The Hall–Kier alpha value is -2.17. The van der Waals surface area contributed by atoms with Crippen LogP contribution >= 0.6 is 0 Å². The molecule has 0 aromatic carbocycles. The minimum absolute atomic E-state index is 0.218. The summed E-state index contributed by atoms with van der Waals surface area (Å²) in [6, 6.07) is 3.61. The number of nitrogens with zero attached hydrogens (tertiary/aromatic N) is 2. The molecule has 2 aromatic rings. The normalized spacial score (nSPS) is 10.2. The molecule has 0 N–H and O–H groups in total. The molecule has 0 bridgehead atoms. The number of hydrogen-bond acceptors (Lipinski definition) is 5. The molecule has 0 saturated heterocycles. The first-order valence-electron chi connectivity index (χ1n) is 5.29. The molecule has 0 radical (unpaired) electrons. The Morgan fingerprint density at radius 1 is 1.53 bits per heavy atom. The number of oxazole rings is 1. The highest BCUT2D eigenvalue weighted by Crippen LogP contribution is 2.25. The molecule has 0 atom stereocenters. The fourth-order valence-corrected chi connectivity index (χ4v) is 1.27. The Labute approximate surface area is 98.5 Å². The van der Waals surface area contributed by atoms with Gasteiger partial charge in [-0.05, 0) is 19.1 Å². The second kappa shape index (κ2) is 4.78. The van der Waals surface area contributed by atoms with Crippen LogP contribution in [0, 0.1) is 6.92 Å². The lowest BCUT2D eigenvalue weighted by Crippen LogP contribution is -2.06. The highest BCUT2D eigenvalue weighted by molar-refractivity contribution is 5.71. The second-order valence-electron chi connectivity index (χ2n) is 3.45. The summed E-state index contributed by atoms with van der Waals surface area (Å²) in [6.45, 7) is 3.42. The van der Waals surface area contributed by atoms with Crippen LogP contribution in [0.15, 0.2) is 28.9 Å². The number of ether oxygens (including phenoxy) is 1. The van der Waals surface area contributed by atoms with Gasteiger partial charge in [-0.3, -0.25) is 9.78 Å². The number of carbonyl (C=O) groups is 1. The van der Waals surface area contributed by atoms with Crippen LogP contribution in [-0.4, -0.2) is 15.9 Å². The van der Waals surface area contributed by atoms with Gasteiger partial charge in [0, 0.05) is 18.8 Å². The van der Waals surface area contributed by atoms with Gasteiger partial charge in [0.1, 0.15) is 0 Å². The number of hydrogen-bond donors (Lipinski definition) is 0. The van der Waals surface area contributed by atoms with Crippen molar-refractivity contribution in [3.63, 3.8) is 0 Å². The third-order valence-electron chi connectivity index (χ3n) is 2.16. The topological polar surface area (TPSA) is 65.2 Å². The van der Waals surface area contributed by atoms with E-state index in [9.17, 15) is 4.79 Å². The zero-order valence-corrected chi connectivity index (χ0v) is 9.64. The van der Waals surface area contributed by atoms with Crippen molar-refractivity contribution >= 4 is 5.97 Å². The molecule has 0 fully saturated rings. The average molecular weight is 232 g/mol. The first kappa shape index (κ1) is 11.3. The van der Waals surface area contributed by atoms with Crippen molar-refractivity contribution in [2.75, 3.05) is 0 Å². The van der Waals surface area contributed by atoms with E-state index in [1.807, 2.05) is 6.07 Å². The van der Waals surface area contributed by atoms with Crippen LogP contribution in [-0.2, 0) is 4.79 Å². The smallest absolute Gasteiger partial charge is 0.312 e. The third kappa shape index (κ3) is 2.50. The predicted octanol–water partition coefficient (Wildman–Crippen LogP) is 2.36. The molecule has 0 spiro atoms. The van der Waals surface area contributed by atoms with Crippen LogP contribution < -0.4 is 4.74 Å². The van der Waals surface area contributed by atoms with E-state index >= 15 is 0 Å². The zero-order valence-electron chi connectivity index (χ0n) is 9.64. The summed E-state index contributed by atoms with van der Waals surface area (Å²) < 4.78 is 10.5. The summed E-state index contributed by atoms with van der Waals surface area (Å²) in [4.78, 5) is 19.3. The molecular weight excluding hydrogens is 220 g/mol. The summed E-state index contributed by atoms with van der Waals surface area (Å²) in [5.74, 6) is 0.759. The maximum atomic E-state index is 11.2. The van der Waals surface area contributed by atoms with Gasteiger partial charge in [-0.1, -0.05) is 6.92 Å². The Morgan fingerprint density at radius 2 is 2.35 bits per heavy atom. The standard InChI is InChI=1S/C12H12N2O3/c1-3-10(15)17-11-8(2)16-12(14-11)9-5-4-6-13-7-9/h4-7H,3H2,1-2H3. The SMILES string of the molecule is CCC(=O)Oc1nc(-c2cccnc2)oc1C. The average Bonchev–Trinajstić information content (AvgIpc) is 2.72. The summed E-state index contributed by atoms with van der Waals surface area (Å²) in [7, 11) is 0. The van der Waals surface area contributed by atoms with E-state index in [4.69, 9.17) is 9.15 Å². The summed E-state index contributed by atoms with van der Waals surface area (Å²) in [5, 5.41) is 0. The fourth-order valence-electron chi connectivity index (χ4n) is 1.27. The largest absolute Gasteiger partial charge is 0.437 e. The van der Waals surface area contributed by atoms with Crippen LogP contribution in [0.3, 0.4) is 0 Å². The van der Waals surface area contributed by atoms with Gasteiger partial charge in [0.25, 0.3) is 5.88 Å². The molecule has 0 saturated carbocycles. The zero-order chi connectivity index (χ0) is 12.3. The molecule has 2 aromatic heterocycles. The molecule has 2 rings (SSSR count). The van der Waals surface area contributed by atoms with Gasteiger partial charge < -0.3 is 9.15 Å². The lowest BCUT2D eigenvalue weighted by molar-refractivity contribution is -0.134. The number of esters is 1. The van der Waals surface area contributed by atoms with Crippen molar-refractivity contribution in [1.29, 1.82) is 0 Å². The van der Waals surface area contributed by atoms with E-state index < -0.39 is 0 Å². The van der Waals surface area contributed by atoms with Crippen LogP contribution in [0.5, 0.6) is 5.88 Å². The van der Waals surface area contributed by atoms with Gasteiger partial charge in [0.2, 0.25) is 5.89 Å². The van der Waals surface area contributed by atoms with E-state index in [2.05, 4.69) is 9.97 Å². The van der Waals surface area contributed by atoms with Crippen LogP contribution in [0.2, 0.25) is 0 Å². The molecule has 0 aliphatic heterocycles. The molecule has 0 amide bonds. The van der Waals surface area contributed by atoms with Crippen LogP contribution in [0.4, 0.5) is 0 Å². The molecule has 0 aliphatic carbocycles. The number of aromatic nitrogens is 2. The Kier molecular flexibility index (Phi) is 3.18. The Bertz CT molecular complexity index is 520. The van der Waals surface area contributed by atoms with E-state index in [0.29, 0.717) is 18.1 Å². The number of aryl methyl sites for hydroxylation is 1. The number of pyridine rings is 1. The molecule has 2 heterocycles. The Morgan fingerprint density at radius 3 is 3.00 bits per heavy atom. The highest BCUT2D eigenvalue weighted by atomic mass is 16.6. The maximum absolute atomic E-state index is 11.2. The molecule has 5 nitrogen and oxygen atoms in total. The minimum atomic E-state index is -0.334. The molecular formula is C12H12N2O3. The van der Waals surface area contributed by atoms with E-state index in [1.165, 1.54) is 0 Å². The third-order valence-corrected chi connectivity index (χ3v) is 2.16. The van der Waals surface area contributed by atoms with Crippen LogP contribution in [0.1, 0.15) is 19.1 Å². The molecule has 17 heavy (non-hydrogen) atoms. The molecule has 0 unspecified atom stereocenters. The highest BCUT2D eigenvalue weighted by Gasteiger charge is 2.14. The molecule has 88 valence electrons. The lowest BCUT2D eigenvalue weighted by atomic mass is 10.3. The van der Waals surface area contributed by atoms with Crippen LogP contribution in [0.25, 0.3) is 11.5 Å². The van der Waals surface area contributed by atoms with Gasteiger partial charge >= 0.3 is 5.97 Å². The lowest BCUT2D eigenvalue weighted by Gasteiger charge is -1.96. The van der Waals surface area contributed by atoms with E-state index in [-0.39, 0.29) is 11.8 Å². The van der Waals surface area contributed by atoms with Crippen molar-refractivity contribution < 1.29 is 13.9 Å². The van der Waals surface area contributed by atoms with Gasteiger partial charge in [0.15, 0.2) is 5.76 Å². The van der Waals surface area contributed by atoms with Crippen molar-refractivity contribution in [1.82, 2.24) is 9.97 Å². The molecule has 0 aliphatic rings. The van der Waals surface area contributed by atoms with Gasteiger partial charge in [-0.2, -0.15) is 4.98 Å². The monoisotopic (exact) mass is 232 g/mol. The van der Waals surface area contributed by atoms with E-state index in [0.717, 1.165) is 5.56 Å². The minimum Gasteiger partial charge on any atom is -0.437 e. The number of rotatable bonds is 3. The number of carbonyl (C=O) groups excluding carboxylic acids is 1. The van der Waals surface area contributed by atoms with Crippen molar-refractivity contribution in [2.45, 2.75) is 20.3 Å². The predicted molar refractivity (Wildman–Crippen MR) is 60.4 cm³/mol. The van der Waals surface area contributed by atoms with Gasteiger partial charge in [-0.15, -0.1) is 0 Å². The Balaban J connectivity index is 2.28. The first-order valence-corrected chi connectivity index (χ1v) is 5.29. The van der Waals surface area contributed by atoms with Gasteiger partial charge in [-0.25, -0.2) is 0 Å². The van der Waals surface area contributed by atoms with Crippen molar-refractivity contribution in [3.05, 3.63) is 30.3 Å². The summed E-state index contributed by atoms with van der Waals surface area (Å²) >= 11 is 0. The first-order chi connectivity index (χ1) is 8.20. The summed E-state index contributed by atoms with van der Waals surface area (Å²) in [6.07, 6.45) is 3.60. The molecule has 5 heteroatoms. The van der Waals surface area contributed by atoms with Gasteiger partial charge in [0.05, 0.1) is 5.56 Å².